The van der Waals surface area contributed by atoms with E-state index in [1.165, 1.54) is 11.1 Å². The van der Waals surface area contributed by atoms with Crippen molar-refractivity contribution < 1.29 is 4.74 Å². The molecule has 0 saturated carbocycles. The summed E-state index contributed by atoms with van der Waals surface area (Å²) >= 11 is 0. The third-order valence-corrected chi connectivity index (χ3v) is 3.24. The maximum absolute atomic E-state index is 5.75. The summed E-state index contributed by atoms with van der Waals surface area (Å²) in [5, 5.41) is 0. The molecule has 2 heteroatoms. The largest absolute Gasteiger partial charge is 0.373 e. The molecule has 2 nitrogen and oxygen atoms in total. The van der Waals surface area contributed by atoms with Gasteiger partial charge in [0.05, 0.1) is 12.2 Å². The first kappa shape index (κ1) is 13.3. The highest BCUT2D eigenvalue weighted by Gasteiger charge is 2.21. The van der Waals surface area contributed by atoms with Crippen LogP contribution in [-0.2, 0) is 11.3 Å². The van der Waals surface area contributed by atoms with Crippen molar-refractivity contribution in [3.63, 3.8) is 0 Å². The van der Waals surface area contributed by atoms with Crippen LogP contribution in [0.5, 0.6) is 0 Å². The molecule has 0 aromatic heterocycles. The topological polar surface area (TPSA) is 12.5 Å². The Balaban J connectivity index is 1.96. The van der Waals surface area contributed by atoms with Gasteiger partial charge < -0.3 is 4.74 Å². The van der Waals surface area contributed by atoms with E-state index in [1.54, 1.807) is 0 Å². The van der Waals surface area contributed by atoms with Gasteiger partial charge in [-0.1, -0.05) is 36.4 Å². The number of hydrogen-bond acceptors (Lipinski definition) is 2. The van der Waals surface area contributed by atoms with E-state index < -0.39 is 0 Å². The van der Waals surface area contributed by atoms with E-state index in [9.17, 15) is 0 Å². The Bertz CT molecular complexity index is 386. The fourth-order valence-corrected chi connectivity index (χ4v) is 2.60. The Hall–Kier alpha value is -1.12. The first-order valence-corrected chi connectivity index (χ1v) is 6.77. The molecular weight excluding hydrogens is 222 g/mol. The molecule has 1 aromatic carbocycles. The van der Waals surface area contributed by atoms with Gasteiger partial charge in [0.1, 0.15) is 0 Å². The van der Waals surface area contributed by atoms with Gasteiger partial charge >= 0.3 is 0 Å². The molecule has 1 heterocycles. The minimum Gasteiger partial charge on any atom is -0.373 e. The highest BCUT2D eigenvalue weighted by Crippen LogP contribution is 2.15. The van der Waals surface area contributed by atoms with Crippen LogP contribution in [-0.4, -0.2) is 30.2 Å². The van der Waals surface area contributed by atoms with Gasteiger partial charge in [0.15, 0.2) is 0 Å². The summed E-state index contributed by atoms with van der Waals surface area (Å²) in [5.41, 5.74) is 2.65. The number of hydrogen-bond donors (Lipinski definition) is 0. The molecule has 0 aliphatic carbocycles. The quantitative estimate of drug-likeness (QED) is 0.810. The van der Waals surface area contributed by atoms with Crippen LogP contribution in [0.2, 0.25) is 0 Å². The zero-order valence-corrected chi connectivity index (χ0v) is 11.6. The Morgan fingerprint density at radius 1 is 1.17 bits per heavy atom. The van der Waals surface area contributed by atoms with Crippen molar-refractivity contribution in [3.05, 3.63) is 41.5 Å². The zero-order valence-electron chi connectivity index (χ0n) is 11.6. The average molecular weight is 245 g/mol. The molecule has 2 atom stereocenters. The smallest absolute Gasteiger partial charge is 0.0678 e. The summed E-state index contributed by atoms with van der Waals surface area (Å²) in [5.74, 6) is 0. The molecule has 0 unspecified atom stereocenters. The molecule has 1 aromatic rings. The predicted molar refractivity (Wildman–Crippen MR) is 76.4 cm³/mol. The lowest BCUT2D eigenvalue weighted by Gasteiger charge is -2.35. The standard InChI is InChI=1S/C16H23NO/c1-4-5-15-6-8-16(9-7-15)12-17-10-13(2)18-14(3)11-17/h4-9,13-14H,10-12H2,1-3H3/b5-4+/t13-,14+. The maximum Gasteiger partial charge on any atom is 0.0678 e. The first-order chi connectivity index (χ1) is 8.67. The third kappa shape index (κ3) is 3.69. The van der Waals surface area contributed by atoms with Crippen molar-refractivity contribution in [1.82, 2.24) is 4.90 Å². The lowest BCUT2D eigenvalue weighted by Crippen LogP contribution is -2.44. The van der Waals surface area contributed by atoms with Crippen LogP contribution >= 0.6 is 0 Å². The van der Waals surface area contributed by atoms with E-state index in [2.05, 4.69) is 55.2 Å². The second-order valence-electron chi connectivity index (χ2n) is 5.19. The maximum atomic E-state index is 5.75. The molecule has 0 radical (unpaired) electrons. The Labute approximate surface area is 110 Å². The Morgan fingerprint density at radius 3 is 2.33 bits per heavy atom. The van der Waals surface area contributed by atoms with Crippen molar-refractivity contribution in [2.45, 2.75) is 39.5 Å². The van der Waals surface area contributed by atoms with Crippen LogP contribution in [0.3, 0.4) is 0 Å². The monoisotopic (exact) mass is 245 g/mol. The number of allylic oxidation sites excluding steroid dienone is 1. The van der Waals surface area contributed by atoms with Crippen LogP contribution in [0.1, 0.15) is 31.9 Å². The highest BCUT2D eigenvalue weighted by molar-refractivity contribution is 5.49. The van der Waals surface area contributed by atoms with Gasteiger partial charge in [-0.25, -0.2) is 0 Å². The van der Waals surface area contributed by atoms with Gasteiger partial charge in [0, 0.05) is 19.6 Å². The fourth-order valence-electron chi connectivity index (χ4n) is 2.60. The number of nitrogens with zero attached hydrogens (tertiary/aromatic N) is 1. The molecule has 0 bridgehead atoms. The number of rotatable bonds is 3. The second kappa shape index (κ2) is 6.17. The molecule has 1 fully saturated rings. The molecule has 1 aliphatic heterocycles. The summed E-state index contributed by atoms with van der Waals surface area (Å²) in [6.45, 7) is 9.43. The zero-order chi connectivity index (χ0) is 13.0. The SMILES string of the molecule is C/C=C/c1ccc(CN2C[C@@H](C)O[C@@H](C)C2)cc1. The highest BCUT2D eigenvalue weighted by atomic mass is 16.5. The van der Waals surface area contributed by atoms with E-state index in [0.29, 0.717) is 12.2 Å². The molecule has 0 spiro atoms. The van der Waals surface area contributed by atoms with Crippen LogP contribution in [0.25, 0.3) is 6.08 Å². The summed E-state index contributed by atoms with van der Waals surface area (Å²) in [7, 11) is 0. The number of benzene rings is 1. The molecule has 98 valence electrons. The summed E-state index contributed by atoms with van der Waals surface area (Å²) in [4.78, 5) is 2.48. The fraction of sp³-hybridized carbons (Fsp3) is 0.500. The second-order valence-corrected chi connectivity index (χ2v) is 5.19. The Morgan fingerprint density at radius 2 is 1.78 bits per heavy atom. The molecule has 2 rings (SSSR count). The minimum absolute atomic E-state index is 0.344. The van der Waals surface area contributed by atoms with Gasteiger partial charge in [-0.3, -0.25) is 4.90 Å². The predicted octanol–water partition coefficient (Wildman–Crippen LogP) is 3.33. The van der Waals surface area contributed by atoms with E-state index in [4.69, 9.17) is 4.74 Å². The Kier molecular flexibility index (Phi) is 4.56. The van der Waals surface area contributed by atoms with Crippen molar-refractivity contribution >= 4 is 6.08 Å². The van der Waals surface area contributed by atoms with Crippen molar-refractivity contribution in [3.8, 4) is 0 Å². The molecular formula is C16H23NO. The first-order valence-electron chi connectivity index (χ1n) is 6.77. The summed E-state index contributed by atoms with van der Waals surface area (Å²) in [6.07, 6.45) is 4.88. The molecule has 1 saturated heterocycles. The van der Waals surface area contributed by atoms with Gasteiger partial charge in [0.2, 0.25) is 0 Å². The molecule has 18 heavy (non-hydrogen) atoms. The van der Waals surface area contributed by atoms with Gasteiger partial charge in [-0.2, -0.15) is 0 Å². The third-order valence-electron chi connectivity index (χ3n) is 3.24. The van der Waals surface area contributed by atoms with Crippen LogP contribution in [0.15, 0.2) is 30.3 Å². The number of morpholine rings is 1. The summed E-state index contributed by atoms with van der Waals surface area (Å²) in [6, 6.07) is 8.81. The van der Waals surface area contributed by atoms with E-state index in [-0.39, 0.29) is 0 Å². The van der Waals surface area contributed by atoms with Gasteiger partial charge in [-0.05, 0) is 31.9 Å². The minimum atomic E-state index is 0.344. The van der Waals surface area contributed by atoms with Crippen molar-refractivity contribution in [2.24, 2.45) is 0 Å². The summed E-state index contributed by atoms with van der Waals surface area (Å²) < 4.78 is 5.75. The van der Waals surface area contributed by atoms with Crippen LogP contribution in [0, 0.1) is 0 Å². The molecule has 0 N–H and O–H groups in total. The lowest BCUT2D eigenvalue weighted by molar-refractivity contribution is -0.0704. The molecule has 0 amide bonds. The van der Waals surface area contributed by atoms with Crippen molar-refractivity contribution in [2.75, 3.05) is 13.1 Å². The lowest BCUT2D eigenvalue weighted by atomic mass is 10.1. The number of ether oxygens (including phenoxy) is 1. The van der Waals surface area contributed by atoms with E-state index >= 15 is 0 Å². The molecule has 1 aliphatic rings. The van der Waals surface area contributed by atoms with Gasteiger partial charge in [-0.15, -0.1) is 0 Å². The van der Waals surface area contributed by atoms with Crippen LogP contribution < -0.4 is 0 Å². The van der Waals surface area contributed by atoms with E-state index in [1.807, 2.05) is 6.92 Å². The van der Waals surface area contributed by atoms with Crippen molar-refractivity contribution in [1.29, 1.82) is 0 Å². The average Bonchev–Trinajstić information content (AvgIpc) is 2.31. The van der Waals surface area contributed by atoms with Gasteiger partial charge in [0.25, 0.3) is 0 Å². The van der Waals surface area contributed by atoms with E-state index in [0.717, 1.165) is 19.6 Å². The normalized spacial score (nSPS) is 25.7. The van der Waals surface area contributed by atoms with Crippen LogP contribution in [0.4, 0.5) is 0 Å².